The third-order valence-electron chi connectivity index (χ3n) is 2.04. The van der Waals surface area contributed by atoms with Gasteiger partial charge < -0.3 is 4.42 Å². The van der Waals surface area contributed by atoms with Crippen molar-refractivity contribution in [3.05, 3.63) is 34.6 Å². The average molecular weight is 267 g/mol. The van der Waals surface area contributed by atoms with Gasteiger partial charge in [-0.3, -0.25) is 0 Å². The van der Waals surface area contributed by atoms with E-state index in [9.17, 15) is 0 Å². The molecule has 15 heavy (non-hydrogen) atoms. The zero-order valence-corrected chi connectivity index (χ0v) is 10.2. The lowest BCUT2D eigenvalue weighted by atomic mass is 10.2. The number of hydrogen-bond acceptors (Lipinski definition) is 3. The van der Waals surface area contributed by atoms with Gasteiger partial charge in [-0.25, -0.2) is 0 Å². The predicted molar refractivity (Wildman–Crippen MR) is 61.5 cm³/mol. The third-order valence-corrected chi connectivity index (χ3v) is 2.73. The minimum Gasteiger partial charge on any atom is -0.420 e. The molecule has 0 atom stereocenters. The van der Waals surface area contributed by atoms with Crippen molar-refractivity contribution in [3.63, 3.8) is 0 Å². The highest BCUT2D eigenvalue weighted by atomic mass is 79.9. The highest BCUT2D eigenvalue weighted by Gasteiger charge is 2.12. The van der Waals surface area contributed by atoms with Crippen LogP contribution >= 0.6 is 15.9 Å². The Hall–Kier alpha value is -1.16. The molecule has 4 heteroatoms. The Bertz CT molecular complexity index is 465. The molecule has 0 saturated heterocycles. The summed E-state index contributed by atoms with van der Waals surface area (Å²) in [5, 5.41) is 8.02. The Labute approximate surface area is 96.7 Å². The molecule has 0 bridgehead atoms. The van der Waals surface area contributed by atoms with Gasteiger partial charge in [0, 0.05) is 10.4 Å². The number of hydrogen-bond donors (Lipinski definition) is 0. The molecule has 2 rings (SSSR count). The van der Waals surface area contributed by atoms with E-state index in [1.54, 1.807) is 0 Å². The minimum absolute atomic E-state index is 0.258. The average Bonchev–Trinajstić information content (AvgIpc) is 2.67. The molecule has 78 valence electrons. The maximum atomic E-state index is 5.56. The first kappa shape index (κ1) is 10.4. The molecule has 1 aromatic carbocycles. The van der Waals surface area contributed by atoms with Gasteiger partial charge in [0.15, 0.2) is 0 Å². The van der Waals surface area contributed by atoms with Crippen LogP contribution in [0, 0.1) is 0 Å². The Morgan fingerprint density at radius 3 is 2.53 bits per heavy atom. The van der Waals surface area contributed by atoms with Crippen molar-refractivity contribution in [2.75, 3.05) is 0 Å². The molecular weight excluding hydrogens is 256 g/mol. The van der Waals surface area contributed by atoms with Crippen molar-refractivity contribution in [1.82, 2.24) is 10.2 Å². The highest BCUT2D eigenvalue weighted by molar-refractivity contribution is 9.10. The molecule has 0 aliphatic rings. The van der Waals surface area contributed by atoms with Crippen LogP contribution in [0.25, 0.3) is 11.5 Å². The number of benzene rings is 1. The smallest absolute Gasteiger partial charge is 0.248 e. The molecule has 1 heterocycles. The second kappa shape index (κ2) is 4.14. The quantitative estimate of drug-likeness (QED) is 0.834. The van der Waals surface area contributed by atoms with E-state index in [-0.39, 0.29) is 5.92 Å². The lowest BCUT2D eigenvalue weighted by Gasteiger charge is -1.98. The molecule has 3 nitrogen and oxygen atoms in total. The highest BCUT2D eigenvalue weighted by Crippen LogP contribution is 2.27. The van der Waals surface area contributed by atoms with Gasteiger partial charge in [-0.05, 0) is 28.1 Å². The normalized spacial score (nSPS) is 10.9. The zero-order chi connectivity index (χ0) is 10.8. The summed E-state index contributed by atoms with van der Waals surface area (Å²) in [6.07, 6.45) is 0. The second-order valence-corrected chi connectivity index (χ2v) is 4.43. The van der Waals surface area contributed by atoms with Gasteiger partial charge in [-0.2, -0.15) is 0 Å². The van der Waals surface area contributed by atoms with Crippen molar-refractivity contribution in [1.29, 1.82) is 0 Å². The SMILES string of the molecule is CC(C)c1nnc(-c2ccccc2Br)o1. The van der Waals surface area contributed by atoms with Gasteiger partial charge in [0.1, 0.15) is 0 Å². The Balaban J connectivity index is 2.42. The molecule has 0 aliphatic heterocycles. The van der Waals surface area contributed by atoms with Crippen LogP contribution in [0.5, 0.6) is 0 Å². The monoisotopic (exact) mass is 266 g/mol. The first-order chi connectivity index (χ1) is 7.18. The summed E-state index contributed by atoms with van der Waals surface area (Å²) in [7, 11) is 0. The van der Waals surface area contributed by atoms with Crippen LogP contribution < -0.4 is 0 Å². The first-order valence-electron chi connectivity index (χ1n) is 4.77. The van der Waals surface area contributed by atoms with E-state index in [1.165, 1.54) is 0 Å². The van der Waals surface area contributed by atoms with Crippen LogP contribution in [0.2, 0.25) is 0 Å². The van der Waals surface area contributed by atoms with Gasteiger partial charge in [-0.1, -0.05) is 26.0 Å². The molecule has 1 aromatic heterocycles. The van der Waals surface area contributed by atoms with Crippen molar-refractivity contribution < 1.29 is 4.42 Å². The standard InChI is InChI=1S/C11H11BrN2O/c1-7(2)10-13-14-11(15-10)8-5-3-4-6-9(8)12/h3-7H,1-2H3. The van der Waals surface area contributed by atoms with Crippen LogP contribution in [0.3, 0.4) is 0 Å². The number of nitrogens with zero attached hydrogens (tertiary/aromatic N) is 2. The zero-order valence-electron chi connectivity index (χ0n) is 8.57. The summed E-state index contributed by atoms with van der Waals surface area (Å²) in [6.45, 7) is 4.05. The fourth-order valence-electron chi connectivity index (χ4n) is 1.21. The van der Waals surface area contributed by atoms with E-state index in [0.717, 1.165) is 10.0 Å². The van der Waals surface area contributed by atoms with Crippen LogP contribution in [0.4, 0.5) is 0 Å². The number of halogens is 1. The Morgan fingerprint density at radius 2 is 1.93 bits per heavy atom. The van der Waals surface area contributed by atoms with E-state index in [4.69, 9.17) is 4.42 Å². The van der Waals surface area contributed by atoms with E-state index in [2.05, 4.69) is 26.1 Å². The topological polar surface area (TPSA) is 38.9 Å². The maximum absolute atomic E-state index is 5.56. The van der Waals surface area contributed by atoms with Crippen LogP contribution in [0.1, 0.15) is 25.7 Å². The van der Waals surface area contributed by atoms with Crippen LogP contribution in [-0.2, 0) is 0 Å². The second-order valence-electron chi connectivity index (χ2n) is 3.58. The minimum atomic E-state index is 0.258. The molecule has 0 radical (unpaired) electrons. The molecule has 2 aromatic rings. The first-order valence-corrected chi connectivity index (χ1v) is 5.56. The largest absolute Gasteiger partial charge is 0.420 e. The lowest BCUT2D eigenvalue weighted by Crippen LogP contribution is -1.85. The maximum Gasteiger partial charge on any atom is 0.248 e. The summed E-state index contributed by atoms with van der Waals surface area (Å²) in [4.78, 5) is 0. The predicted octanol–water partition coefficient (Wildman–Crippen LogP) is 3.62. The van der Waals surface area contributed by atoms with Crippen molar-refractivity contribution >= 4 is 15.9 Å². The Morgan fingerprint density at radius 1 is 1.20 bits per heavy atom. The number of rotatable bonds is 2. The lowest BCUT2D eigenvalue weighted by molar-refractivity contribution is 0.481. The molecule has 0 N–H and O–H groups in total. The molecule has 0 aliphatic carbocycles. The summed E-state index contributed by atoms with van der Waals surface area (Å²) in [5.41, 5.74) is 0.928. The van der Waals surface area contributed by atoms with E-state index >= 15 is 0 Å². The summed E-state index contributed by atoms with van der Waals surface area (Å²) in [5.74, 6) is 1.49. The van der Waals surface area contributed by atoms with Gasteiger partial charge >= 0.3 is 0 Å². The van der Waals surface area contributed by atoms with Crippen LogP contribution in [-0.4, -0.2) is 10.2 Å². The molecule has 0 spiro atoms. The van der Waals surface area contributed by atoms with Crippen LogP contribution in [0.15, 0.2) is 33.2 Å². The fraction of sp³-hybridized carbons (Fsp3) is 0.273. The number of aromatic nitrogens is 2. The van der Waals surface area contributed by atoms with E-state index in [0.29, 0.717) is 11.8 Å². The van der Waals surface area contributed by atoms with Gasteiger partial charge in [0.05, 0.1) is 5.56 Å². The molecule has 0 amide bonds. The van der Waals surface area contributed by atoms with Crippen molar-refractivity contribution in [2.24, 2.45) is 0 Å². The van der Waals surface area contributed by atoms with Gasteiger partial charge in [0.2, 0.25) is 11.8 Å². The van der Waals surface area contributed by atoms with Gasteiger partial charge in [-0.15, -0.1) is 10.2 Å². The molecular formula is C11H11BrN2O. The summed E-state index contributed by atoms with van der Waals surface area (Å²) < 4.78 is 6.52. The van der Waals surface area contributed by atoms with E-state index in [1.807, 2.05) is 38.1 Å². The molecule has 0 unspecified atom stereocenters. The molecule has 0 fully saturated rings. The summed E-state index contributed by atoms with van der Waals surface area (Å²) in [6, 6.07) is 7.79. The Kier molecular flexibility index (Phi) is 2.86. The van der Waals surface area contributed by atoms with Crippen molar-refractivity contribution in [2.45, 2.75) is 19.8 Å². The van der Waals surface area contributed by atoms with Crippen molar-refractivity contribution in [3.8, 4) is 11.5 Å². The fourth-order valence-corrected chi connectivity index (χ4v) is 1.67. The molecule has 0 saturated carbocycles. The van der Waals surface area contributed by atoms with Gasteiger partial charge in [0.25, 0.3) is 0 Å². The summed E-state index contributed by atoms with van der Waals surface area (Å²) >= 11 is 3.45. The van der Waals surface area contributed by atoms with E-state index < -0.39 is 0 Å². The third kappa shape index (κ3) is 2.09.